The number of nitrogens with zero attached hydrogens (tertiary/aromatic N) is 2. The Kier molecular flexibility index (Phi) is 6.12. The molecule has 1 aromatic heterocycles. The number of aliphatic carboxylic acids is 1. The van der Waals surface area contributed by atoms with Crippen LogP contribution < -0.4 is 10.6 Å². The summed E-state index contributed by atoms with van der Waals surface area (Å²) in [6, 6.07) is 15.0. The van der Waals surface area contributed by atoms with Crippen LogP contribution in [0, 0.1) is 0 Å². The van der Waals surface area contributed by atoms with Crippen molar-refractivity contribution < 1.29 is 24.2 Å². The lowest BCUT2D eigenvalue weighted by Gasteiger charge is -2.15. The van der Waals surface area contributed by atoms with E-state index in [4.69, 9.17) is 4.74 Å². The van der Waals surface area contributed by atoms with Crippen LogP contribution in [0.5, 0.6) is 0 Å². The first-order chi connectivity index (χ1) is 15.9. The fourth-order valence-electron chi connectivity index (χ4n) is 4.11. The number of amides is 2. The minimum atomic E-state index is -1.14. The van der Waals surface area contributed by atoms with Crippen LogP contribution in [0.2, 0.25) is 0 Å². The zero-order valence-corrected chi connectivity index (χ0v) is 18.2. The van der Waals surface area contributed by atoms with Gasteiger partial charge in [0.1, 0.15) is 18.3 Å². The second-order valence-corrected chi connectivity index (χ2v) is 7.75. The van der Waals surface area contributed by atoms with Gasteiger partial charge in [0.25, 0.3) is 5.91 Å². The van der Waals surface area contributed by atoms with Gasteiger partial charge in [-0.3, -0.25) is 14.8 Å². The summed E-state index contributed by atoms with van der Waals surface area (Å²) in [4.78, 5) is 36.4. The maximum Gasteiger partial charge on any atom is 0.411 e. The molecule has 1 atom stereocenters. The summed E-state index contributed by atoms with van der Waals surface area (Å²) < 4.78 is 6.78. The van der Waals surface area contributed by atoms with Crippen LogP contribution >= 0.6 is 0 Å². The number of carbonyl (C=O) groups excluding carboxylic acids is 2. The Labute approximate surface area is 190 Å². The second kappa shape index (κ2) is 9.15. The van der Waals surface area contributed by atoms with Gasteiger partial charge < -0.3 is 15.2 Å². The van der Waals surface area contributed by atoms with Crippen LogP contribution in [0.4, 0.5) is 10.5 Å². The topological polar surface area (TPSA) is 123 Å². The lowest BCUT2D eigenvalue weighted by atomic mass is 9.98. The van der Waals surface area contributed by atoms with Crippen molar-refractivity contribution in [3.8, 4) is 11.1 Å². The molecule has 2 aromatic carbocycles. The van der Waals surface area contributed by atoms with Crippen LogP contribution in [0.3, 0.4) is 0 Å². The van der Waals surface area contributed by atoms with Crippen molar-refractivity contribution in [2.45, 2.75) is 25.3 Å². The third-order valence-electron chi connectivity index (χ3n) is 5.75. The molecule has 9 heteroatoms. The summed E-state index contributed by atoms with van der Waals surface area (Å²) in [5, 5.41) is 18.2. The highest BCUT2D eigenvalue weighted by molar-refractivity contribution is 6.02. The molecule has 9 nitrogen and oxygen atoms in total. The smallest absolute Gasteiger partial charge is 0.411 e. The van der Waals surface area contributed by atoms with Gasteiger partial charge in [0.2, 0.25) is 0 Å². The number of aromatic nitrogens is 2. The maximum atomic E-state index is 12.6. The number of carbonyl (C=O) groups is 3. The van der Waals surface area contributed by atoms with Crippen molar-refractivity contribution in [1.29, 1.82) is 0 Å². The number of rotatable bonds is 7. The molecule has 33 heavy (non-hydrogen) atoms. The number of nitrogens with one attached hydrogen (secondary N) is 2. The van der Waals surface area contributed by atoms with Crippen LogP contribution in [-0.4, -0.2) is 45.5 Å². The fraction of sp³-hybridized carbons (Fsp3) is 0.250. The quantitative estimate of drug-likeness (QED) is 0.509. The highest BCUT2D eigenvalue weighted by Gasteiger charge is 2.29. The Balaban J connectivity index is 1.46. The molecule has 4 rings (SSSR count). The maximum absolute atomic E-state index is 12.6. The van der Waals surface area contributed by atoms with E-state index in [1.807, 2.05) is 36.4 Å². The largest absolute Gasteiger partial charge is 0.480 e. The number of carboxylic acids is 1. The normalized spacial score (nSPS) is 13.0. The van der Waals surface area contributed by atoms with E-state index >= 15 is 0 Å². The van der Waals surface area contributed by atoms with Gasteiger partial charge in [-0.1, -0.05) is 55.5 Å². The summed E-state index contributed by atoms with van der Waals surface area (Å²) in [5.74, 6) is -1.89. The molecule has 0 bridgehead atoms. The minimum Gasteiger partial charge on any atom is -0.480 e. The minimum absolute atomic E-state index is 0.0307. The molecule has 1 aliphatic carbocycles. The van der Waals surface area contributed by atoms with E-state index in [2.05, 4.69) is 27.9 Å². The molecule has 1 heterocycles. The SMILES string of the molecule is CC[C@@H](NC(=O)c1c(NC(=O)OCC2c3ccccc3-c3ccccc32)cnn1C)C(=O)O. The second-order valence-electron chi connectivity index (χ2n) is 7.75. The van der Waals surface area contributed by atoms with Gasteiger partial charge in [0.15, 0.2) is 0 Å². The first kappa shape index (κ1) is 22.1. The number of benzene rings is 2. The van der Waals surface area contributed by atoms with Crippen molar-refractivity contribution in [3.63, 3.8) is 0 Å². The summed E-state index contributed by atoms with van der Waals surface area (Å²) in [5.41, 5.74) is 4.59. The Bertz CT molecular complexity index is 1170. The monoisotopic (exact) mass is 448 g/mol. The van der Waals surface area contributed by atoms with Gasteiger partial charge in [-0.2, -0.15) is 5.10 Å². The molecule has 3 N–H and O–H groups in total. The fourth-order valence-corrected chi connectivity index (χ4v) is 4.11. The zero-order chi connectivity index (χ0) is 23.5. The van der Waals surface area contributed by atoms with Crippen molar-refractivity contribution in [2.24, 2.45) is 7.05 Å². The van der Waals surface area contributed by atoms with Crippen molar-refractivity contribution >= 4 is 23.7 Å². The lowest BCUT2D eigenvalue weighted by Crippen LogP contribution is -2.41. The van der Waals surface area contributed by atoms with E-state index in [9.17, 15) is 19.5 Å². The predicted molar refractivity (Wildman–Crippen MR) is 121 cm³/mol. The molecule has 3 aromatic rings. The van der Waals surface area contributed by atoms with Crippen molar-refractivity contribution in [3.05, 3.63) is 71.5 Å². The van der Waals surface area contributed by atoms with E-state index in [0.29, 0.717) is 0 Å². The average molecular weight is 448 g/mol. The van der Waals surface area contributed by atoms with Crippen molar-refractivity contribution in [1.82, 2.24) is 15.1 Å². The lowest BCUT2D eigenvalue weighted by molar-refractivity contribution is -0.139. The third kappa shape index (κ3) is 4.30. The third-order valence-corrected chi connectivity index (χ3v) is 5.75. The molecular weight excluding hydrogens is 424 g/mol. The molecule has 0 fully saturated rings. The van der Waals surface area contributed by atoms with Gasteiger partial charge in [-0.05, 0) is 28.7 Å². The molecule has 170 valence electrons. The number of ether oxygens (including phenoxy) is 1. The molecule has 2 amide bonds. The standard InChI is InChI=1S/C24H24N4O5/c1-3-19(23(30)31)26-22(29)21-20(12-25-28(21)2)27-24(32)33-13-18-16-10-6-4-8-14(16)15-9-5-7-11-17(15)18/h4-12,18-19H,3,13H2,1-2H3,(H,26,29)(H,27,32)(H,30,31)/t19-/m1/s1. The Morgan fingerprint density at radius 2 is 1.70 bits per heavy atom. The zero-order valence-electron chi connectivity index (χ0n) is 18.2. The molecule has 1 aliphatic rings. The van der Waals surface area contributed by atoms with Crippen LogP contribution in [0.25, 0.3) is 11.1 Å². The Morgan fingerprint density at radius 3 is 2.27 bits per heavy atom. The number of hydrogen-bond donors (Lipinski definition) is 3. The number of anilines is 1. The summed E-state index contributed by atoms with van der Waals surface area (Å²) in [6.07, 6.45) is 0.802. The molecule has 0 unspecified atom stereocenters. The summed E-state index contributed by atoms with van der Waals surface area (Å²) >= 11 is 0. The molecule has 0 spiro atoms. The predicted octanol–water partition coefficient (Wildman–Crippen LogP) is 3.37. The van der Waals surface area contributed by atoms with E-state index in [1.165, 1.54) is 17.9 Å². The average Bonchev–Trinajstić information content (AvgIpc) is 3.33. The Hall–Kier alpha value is -4.14. The summed E-state index contributed by atoms with van der Waals surface area (Å²) in [6.45, 7) is 1.77. The van der Waals surface area contributed by atoms with Gasteiger partial charge >= 0.3 is 12.1 Å². The highest BCUT2D eigenvalue weighted by atomic mass is 16.5. The van der Waals surface area contributed by atoms with Crippen LogP contribution in [0.1, 0.15) is 40.9 Å². The highest BCUT2D eigenvalue weighted by Crippen LogP contribution is 2.44. The van der Waals surface area contributed by atoms with Crippen molar-refractivity contribution in [2.75, 3.05) is 11.9 Å². The van der Waals surface area contributed by atoms with E-state index in [0.717, 1.165) is 22.3 Å². The first-order valence-corrected chi connectivity index (χ1v) is 10.6. The first-order valence-electron chi connectivity index (χ1n) is 10.6. The summed E-state index contributed by atoms with van der Waals surface area (Å²) in [7, 11) is 1.53. The van der Waals surface area contributed by atoms with Gasteiger partial charge in [0.05, 0.1) is 11.9 Å². The molecule has 0 aliphatic heterocycles. The van der Waals surface area contributed by atoms with E-state index < -0.39 is 24.0 Å². The number of fused-ring (bicyclic) bond motifs is 3. The molecule has 0 saturated carbocycles. The number of aryl methyl sites for hydroxylation is 1. The molecule has 0 saturated heterocycles. The molecular formula is C24H24N4O5. The molecule has 0 radical (unpaired) electrons. The number of carboxylic acid groups (broad SMARTS) is 1. The van der Waals surface area contributed by atoms with Gasteiger partial charge in [-0.15, -0.1) is 0 Å². The Morgan fingerprint density at radius 1 is 1.09 bits per heavy atom. The van der Waals surface area contributed by atoms with Gasteiger partial charge in [0, 0.05) is 13.0 Å². The number of hydrogen-bond acceptors (Lipinski definition) is 5. The van der Waals surface area contributed by atoms with Crippen LogP contribution in [-0.2, 0) is 16.6 Å². The van der Waals surface area contributed by atoms with Gasteiger partial charge in [-0.25, -0.2) is 9.59 Å². The van der Waals surface area contributed by atoms with E-state index in [1.54, 1.807) is 6.92 Å². The van der Waals surface area contributed by atoms with Crippen LogP contribution in [0.15, 0.2) is 54.7 Å². The van der Waals surface area contributed by atoms with E-state index in [-0.39, 0.29) is 30.3 Å².